The third kappa shape index (κ3) is 2.47. The molecule has 4 rings (SSSR count). The number of halogens is 1. The highest BCUT2D eigenvalue weighted by atomic mass is 19.1. The smallest absolute Gasteiger partial charge is 0.306 e. The standard InChI is InChI=1S/C17H15FN4O3/c1-8-7-22-14(15(23)12-9(2)25-16(19)20-12)13(21-17(22)24-8)10-3-5-11(18)6-4-10/h3-7,15,23H,1-2H3,(H2,19,20). The molecule has 3 N–H and O–H groups in total. The van der Waals surface area contributed by atoms with E-state index in [-0.39, 0.29) is 11.8 Å². The van der Waals surface area contributed by atoms with Gasteiger partial charge in [-0.25, -0.2) is 4.39 Å². The summed E-state index contributed by atoms with van der Waals surface area (Å²) in [6, 6.07) is 5.81. The molecular formula is C17H15FN4O3. The number of nitrogen functional groups attached to an aromatic ring is 1. The number of hydrogen-bond acceptors (Lipinski definition) is 6. The summed E-state index contributed by atoms with van der Waals surface area (Å²) in [5, 5.41) is 10.9. The van der Waals surface area contributed by atoms with Gasteiger partial charge in [-0.1, -0.05) is 0 Å². The van der Waals surface area contributed by atoms with Crippen molar-refractivity contribution < 1.29 is 18.3 Å². The number of anilines is 1. The minimum atomic E-state index is -1.15. The number of fused-ring (bicyclic) bond motifs is 1. The first-order valence-corrected chi connectivity index (χ1v) is 7.59. The molecule has 0 radical (unpaired) electrons. The van der Waals surface area contributed by atoms with E-state index in [1.807, 2.05) is 0 Å². The number of imidazole rings is 1. The average Bonchev–Trinajstić information content (AvgIpc) is 3.19. The lowest BCUT2D eigenvalue weighted by Crippen LogP contribution is -2.07. The Morgan fingerprint density at radius 2 is 1.88 bits per heavy atom. The molecule has 3 aromatic heterocycles. The minimum Gasteiger partial charge on any atom is -0.429 e. The minimum absolute atomic E-state index is 0.0287. The Morgan fingerprint density at radius 3 is 2.52 bits per heavy atom. The number of aliphatic hydroxyl groups is 1. The molecule has 0 aliphatic heterocycles. The van der Waals surface area contributed by atoms with E-state index in [2.05, 4.69) is 9.97 Å². The second-order valence-corrected chi connectivity index (χ2v) is 5.74. The van der Waals surface area contributed by atoms with Gasteiger partial charge in [-0.2, -0.15) is 9.97 Å². The molecule has 0 fully saturated rings. The SMILES string of the molecule is Cc1cn2c(C(O)c3nc(N)oc3C)c(-c3ccc(F)cc3)nc2o1. The van der Waals surface area contributed by atoms with Crippen LogP contribution in [0.5, 0.6) is 0 Å². The molecule has 0 saturated carbocycles. The fourth-order valence-electron chi connectivity index (χ4n) is 2.87. The number of aryl methyl sites for hydroxylation is 2. The van der Waals surface area contributed by atoms with Crippen molar-refractivity contribution in [2.24, 2.45) is 0 Å². The molecule has 0 aliphatic rings. The number of oxazole rings is 2. The topological polar surface area (TPSA) is 103 Å². The van der Waals surface area contributed by atoms with E-state index in [0.29, 0.717) is 40.0 Å². The van der Waals surface area contributed by atoms with E-state index in [0.717, 1.165) is 0 Å². The Labute approximate surface area is 141 Å². The van der Waals surface area contributed by atoms with Gasteiger partial charge in [0.25, 0.3) is 6.01 Å². The van der Waals surface area contributed by atoms with Crippen LogP contribution in [-0.4, -0.2) is 19.5 Å². The van der Waals surface area contributed by atoms with Crippen molar-refractivity contribution in [3.8, 4) is 11.3 Å². The number of hydrogen-bond donors (Lipinski definition) is 2. The van der Waals surface area contributed by atoms with Gasteiger partial charge < -0.3 is 19.7 Å². The Balaban J connectivity index is 1.95. The first-order valence-electron chi connectivity index (χ1n) is 7.59. The number of rotatable bonds is 3. The molecule has 0 aliphatic carbocycles. The van der Waals surface area contributed by atoms with Crippen LogP contribution < -0.4 is 5.73 Å². The first kappa shape index (κ1) is 15.4. The molecule has 1 atom stereocenters. The molecule has 0 spiro atoms. The van der Waals surface area contributed by atoms with E-state index >= 15 is 0 Å². The van der Waals surface area contributed by atoms with Crippen LogP contribution in [0.2, 0.25) is 0 Å². The maximum Gasteiger partial charge on any atom is 0.306 e. The Kier molecular flexibility index (Phi) is 3.36. The summed E-state index contributed by atoms with van der Waals surface area (Å²) in [7, 11) is 0. The zero-order chi connectivity index (χ0) is 17.7. The summed E-state index contributed by atoms with van der Waals surface area (Å²) >= 11 is 0. The largest absolute Gasteiger partial charge is 0.429 e. The summed E-state index contributed by atoms with van der Waals surface area (Å²) in [5.74, 6) is 1.01. The van der Waals surface area contributed by atoms with Gasteiger partial charge >= 0.3 is 5.84 Å². The summed E-state index contributed by atoms with van der Waals surface area (Å²) in [6.45, 7) is 3.44. The van der Waals surface area contributed by atoms with Gasteiger partial charge in [0.2, 0.25) is 0 Å². The van der Waals surface area contributed by atoms with E-state index in [9.17, 15) is 9.50 Å². The third-order valence-electron chi connectivity index (χ3n) is 3.96. The molecule has 1 aromatic carbocycles. The van der Waals surface area contributed by atoms with E-state index in [1.54, 1.807) is 36.6 Å². The number of nitrogens with zero attached hydrogens (tertiary/aromatic N) is 3. The average molecular weight is 342 g/mol. The van der Waals surface area contributed by atoms with Gasteiger partial charge in [0.15, 0.2) is 0 Å². The predicted molar refractivity (Wildman–Crippen MR) is 87.3 cm³/mol. The van der Waals surface area contributed by atoms with Crippen LogP contribution in [0.3, 0.4) is 0 Å². The summed E-state index contributed by atoms with van der Waals surface area (Å²) < 4.78 is 25.7. The van der Waals surface area contributed by atoms with Crippen LogP contribution in [0.25, 0.3) is 17.1 Å². The van der Waals surface area contributed by atoms with Crippen LogP contribution in [0.15, 0.2) is 39.3 Å². The molecule has 25 heavy (non-hydrogen) atoms. The molecule has 4 aromatic rings. The zero-order valence-corrected chi connectivity index (χ0v) is 13.5. The maximum absolute atomic E-state index is 13.2. The van der Waals surface area contributed by atoms with Crippen molar-refractivity contribution in [2.75, 3.05) is 5.73 Å². The van der Waals surface area contributed by atoms with Gasteiger partial charge in [-0.15, -0.1) is 0 Å². The zero-order valence-electron chi connectivity index (χ0n) is 13.5. The van der Waals surface area contributed by atoms with Crippen LogP contribution in [0.1, 0.15) is 29.0 Å². The van der Waals surface area contributed by atoms with Gasteiger partial charge in [-0.3, -0.25) is 4.40 Å². The molecule has 0 bridgehead atoms. The summed E-state index contributed by atoms with van der Waals surface area (Å²) in [4.78, 5) is 8.50. The van der Waals surface area contributed by atoms with Crippen molar-refractivity contribution in [3.63, 3.8) is 0 Å². The van der Waals surface area contributed by atoms with Crippen molar-refractivity contribution in [1.82, 2.24) is 14.4 Å². The number of nitrogens with two attached hydrogens (primary N) is 1. The van der Waals surface area contributed by atoms with E-state index in [1.165, 1.54) is 12.1 Å². The fourth-order valence-corrected chi connectivity index (χ4v) is 2.87. The lowest BCUT2D eigenvalue weighted by Gasteiger charge is -2.10. The molecule has 128 valence electrons. The van der Waals surface area contributed by atoms with Gasteiger partial charge in [-0.05, 0) is 38.1 Å². The van der Waals surface area contributed by atoms with Crippen molar-refractivity contribution in [2.45, 2.75) is 20.0 Å². The van der Waals surface area contributed by atoms with Gasteiger partial charge in [0, 0.05) is 5.56 Å². The van der Waals surface area contributed by atoms with Crippen LogP contribution in [-0.2, 0) is 0 Å². The molecule has 0 saturated heterocycles. The van der Waals surface area contributed by atoms with Crippen molar-refractivity contribution in [3.05, 3.63) is 59.2 Å². The predicted octanol–water partition coefficient (Wildman–Crippen LogP) is 3.00. The Bertz CT molecular complexity index is 1060. The molecular weight excluding hydrogens is 327 g/mol. The van der Waals surface area contributed by atoms with Gasteiger partial charge in [0.1, 0.15) is 29.1 Å². The first-order chi connectivity index (χ1) is 11.9. The van der Waals surface area contributed by atoms with E-state index < -0.39 is 6.10 Å². The summed E-state index contributed by atoms with van der Waals surface area (Å²) in [5.41, 5.74) is 7.42. The molecule has 8 heteroatoms. The second kappa shape index (κ2) is 5.45. The van der Waals surface area contributed by atoms with Crippen molar-refractivity contribution in [1.29, 1.82) is 0 Å². The van der Waals surface area contributed by atoms with Crippen LogP contribution in [0.4, 0.5) is 10.4 Å². The normalized spacial score (nSPS) is 12.8. The molecule has 7 nitrogen and oxygen atoms in total. The lowest BCUT2D eigenvalue weighted by molar-refractivity contribution is 0.208. The quantitative estimate of drug-likeness (QED) is 0.593. The maximum atomic E-state index is 13.2. The van der Waals surface area contributed by atoms with Gasteiger partial charge in [0.05, 0.1) is 17.6 Å². The highest BCUT2D eigenvalue weighted by Crippen LogP contribution is 2.34. The van der Waals surface area contributed by atoms with Crippen molar-refractivity contribution >= 4 is 11.9 Å². The highest BCUT2D eigenvalue weighted by molar-refractivity contribution is 5.66. The third-order valence-corrected chi connectivity index (χ3v) is 3.96. The summed E-state index contributed by atoms with van der Waals surface area (Å²) in [6.07, 6.45) is 0.570. The monoisotopic (exact) mass is 342 g/mol. The molecule has 1 unspecified atom stereocenters. The van der Waals surface area contributed by atoms with E-state index in [4.69, 9.17) is 14.6 Å². The fraction of sp³-hybridized carbons (Fsp3) is 0.176. The Hall–Kier alpha value is -3.13. The number of benzene rings is 1. The highest BCUT2D eigenvalue weighted by Gasteiger charge is 2.28. The number of aromatic nitrogens is 3. The molecule has 3 heterocycles. The second-order valence-electron chi connectivity index (χ2n) is 5.74. The van der Waals surface area contributed by atoms with Crippen LogP contribution in [0, 0.1) is 19.7 Å². The lowest BCUT2D eigenvalue weighted by atomic mass is 10.0. The van der Waals surface area contributed by atoms with Crippen LogP contribution >= 0.6 is 0 Å². The number of aliphatic hydroxyl groups excluding tert-OH is 1. The Morgan fingerprint density at radius 1 is 1.16 bits per heavy atom. The molecule has 0 amide bonds.